The first-order valence-electron chi connectivity index (χ1n) is 9.02. The highest BCUT2D eigenvalue weighted by molar-refractivity contribution is 7.92. The first-order valence-corrected chi connectivity index (χ1v) is 10.9. The van der Waals surface area contributed by atoms with Gasteiger partial charge in [0.05, 0.1) is 21.5 Å². The van der Waals surface area contributed by atoms with Crippen molar-refractivity contribution in [3.05, 3.63) is 94.5 Å². The predicted octanol–water partition coefficient (Wildman–Crippen LogP) is 4.94. The molecule has 0 saturated carbocycles. The van der Waals surface area contributed by atoms with Gasteiger partial charge in [-0.3, -0.25) is 9.52 Å². The maximum Gasteiger partial charge on any atom is 0.261 e. The van der Waals surface area contributed by atoms with E-state index in [4.69, 9.17) is 11.6 Å². The molecule has 0 aliphatic heterocycles. The molecule has 0 spiro atoms. The van der Waals surface area contributed by atoms with Gasteiger partial charge in [-0.25, -0.2) is 8.42 Å². The summed E-state index contributed by atoms with van der Waals surface area (Å²) in [6.45, 7) is 3.86. The molecular weight excluding hydrogens is 408 g/mol. The Morgan fingerprint density at radius 1 is 0.966 bits per heavy atom. The van der Waals surface area contributed by atoms with E-state index in [0.717, 1.165) is 11.1 Å². The van der Waals surface area contributed by atoms with Gasteiger partial charge in [0, 0.05) is 5.69 Å². The number of carbonyl (C=O) groups is 1. The Kier molecular flexibility index (Phi) is 6.25. The van der Waals surface area contributed by atoms with E-state index in [1.54, 1.807) is 18.2 Å². The average molecular weight is 429 g/mol. The summed E-state index contributed by atoms with van der Waals surface area (Å²) in [6.07, 6.45) is 0. The molecule has 0 bridgehead atoms. The highest BCUT2D eigenvalue weighted by atomic mass is 35.5. The fourth-order valence-electron chi connectivity index (χ4n) is 3.00. The van der Waals surface area contributed by atoms with E-state index in [1.165, 1.54) is 30.3 Å². The molecule has 3 aromatic rings. The molecule has 0 aromatic heterocycles. The van der Waals surface area contributed by atoms with Gasteiger partial charge >= 0.3 is 0 Å². The number of aryl methyl sites for hydroxylation is 1. The lowest BCUT2D eigenvalue weighted by molar-refractivity contribution is 0.0940. The summed E-state index contributed by atoms with van der Waals surface area (Å²) in [7, 11) is -3.77. The summed E-state index contributed by atoms with van der Waals surface area (Å²) < 4.78 is 27.5. The molecule has 29 heavy (non-hydrogen) atoms. The van der Waals surface area contributed by atoms with E-state index in [9.17, 15) is 13.2 Å². The fourth-order valence-corrected chi connectivity index (χ4v) is 4.28. The Labute approximate surface area is 175 Å². The van der Waals surface area contributed by atoms with Gasteiger partial charge in [-0.1, -0.05) is 54.1 Å². The number of hydrogen-bond acceptors (Lipinski definition) is 3. The summed E-state index contributed by atoms with van der Waals surface area (Å²) in [6, 6.07) is 20.0. The van der Waals surface area contributed by atoms with Crippen LogP contribution in [0.2, 0.25) is 5.02 Å². The van der Waals surface area contributed by atoms with Crippen molar-refractivity contribution in [2.45, 2.75) is 24.8 Å². The van der Waals surface area contributed by atoms with E-state index in [2.05, 4.69) is 10.0 Å². The molecule has 0 saturated heterocycles. The third kappa shape index (κ3) is 4.96. The number of nitrogens with one attached hydrogen (secondary N) is 2. The molecule has 0 radical (unpaired) electrons. The number of halogens is 1. The topological polar surface area (TPSA) is 75.3 Å². The number of anilines is 1. The summed E-state index contributed by atoms with van der Waals surface area (Å²) in [5.74, 6) is -0.383. The van der Waals surface area contributed by atoms with Crippen LogP contribution in [0.5, 0.6) is 0 Å². The van der Waals surface area contributed by atoms with Crippen molar-refractivity contribution in [1.82, 2.24) is 5.32 Å². The molecule has 150 valence electrons. The molecule has 3 rings (SSSR count). The van der Waals surface area contributed by atoms with Gasteiger partial charge < -0.3 is 5.32 Å². The van der Waals surface area contributed by atoms with E-state index in [-0.39, 0.29) is 33.1 Å². The molecule has 0 aliphatic rings. The molecule has 0 heterocycles. The van der Waals surface area contributed by atoms with Crippen LogP contribution in [0.4, 0.5) is 5.69 Å². The van der Waals surface area contributed by atoms with Crippen LogP contribution in [0, 0.1) is 6.92 Å². The van der Waals surface area contributed by atoms with Gasteiger partial charge in [0.15, 0.2) is 0 Å². The van der Waals surface area contributed by atoms with Gasteiger partial charge in [0.25, 0.3) is 15.9 Å². The first-order chi connectivity index (χ1) is 13.8. The van der Waals surface area contributed by atoms with Crippen LogP contribution in [0.1, 0.15) is 34.5 Å². The second kappa shape index (κ2) is 8.68. The third-order valence-electron chi connectivity index (χ3n) is 4.52. The zero-order valence-electron chi connectivity index (χ0n) is 16.0. The van der Waals surface area contributed by atoms with Crippen LogP contribution >= 0.6 is 11.6 Å². The maximum absolute atomic E-state index is 12.8. The van der Waals surface area contributed by atoms with Gasteiger partial charge in [-0.2, -0.15) is 0 Å². The smallest absolute Gasteiger partial charge is 0.261 e. The maximum atomic E-state index is 12.8. The molecule has 2 N–H and O–H groups in total. The van der Waals surface area contributed by atoms with Crippen molar-refractivity contribution in [1.29, 1.82) is 0 Å². The Morgan fingerprint density at radius 3 is 2.31 bits per heavy atom. The molecule has 7 heteroatoms. The largest absolute Gasteiger partial charge is 0.345 e. The number of hydrogen-bond donors (Lipinski definition) is 2. The van der Waals surface area contributed by atoms with E-state index in [1.807, 2.05) is 38.1 Å². The van der Waals surface area contributed by atoms with Crippen molar-refractivity contribution >= 4 is 33.2 Å². The molecule has 5 nitrogen and oxygen atoms in total. The monoisotopic (exact) mass is 428 g/mol. The second-order valence-electron chi connectivity index (χ2n) is 6.66. The first kappa shape index (κ1) is 20.9. The number of carbonyl (C=O) groups excluding carboxylic acids is 1. The molecule has 0 fully saturated rings. The minimum Gasteiger partial charge on any atom is -0.345 e. The van der Waals surface area contributed by atoms with Crippen molar-refractivity contribution in [2.75, 3.05) is 4.72 Å². The standard InChI is InChI=1S/C22H21ClN2O3S/c1-15-8-6-7-11-19(15)16(2)24-22(26)20-14-17(12-13-21(20)23)25-29(27,28)18-9-4-3-5-10-18/h3-14,16,25H,1-2H3,(H,24,26). The minimum atomic E-state index is -3.77. The van der Waals surface area contributed by atoms with Crippen LogP contribution in [-0.4, -0.2) is 14.3 Å². The molecule has 3 aromatic carbocycles. The number of rotatable bonds is 6. The fraction of sp³-hybridized carbons (Fsp3) is 0.136. The van der Waals surface area contributed by atoms with Crippen LogP contribution in [0.3, 0.4) is 0 Å². The van der Waals surface area contributed by atoms with Crippen LogP contribution in [-0.2, 0) is 10.0 Å². The Morgan fingerprint density at radius 2 is 1.62 bits per heavy atom. The molecule has 1 amide bonds. The van der Waals surface area contributed by atoms with E-state index >= 15 is 0 Å². The van der Waals surface area contributed by atoms with Crippen molar-refractivity contribution in [3.8, 4) is 0 Å². The highest BCUT2D eigenvalue weighted by Gasteiger charge is 2.18. The second-order valence-corrected chi connectivity index (χ2v) is 8.75. The molecule has 1 atom stereocenters. The van der Waals surface area contributed by atoms with Gasteiger partial charge in [0.2, 0.25) is 0 Å². The summed E-state index contributed by atoms with van der Waals surface area (Å²) >= 11 is 6.20. The lowest BCUT2D eigenvalue weighted by atomic mass is 10.0. The molecule has 0 aliphatic carbocycles. The summed E-state index contributed by atoms with van der Waals surface area (Å²) in [4.78, 5) is 12.9. The number of benzene rings is 3. The lowest BCUT2D eigenvalue weighted by Gasteiger charge is -2.17. The SMILES string of the molecule is Cc1ccccc1C(C)NC(=O)c1cc(NS(=O)(=O)c2ccccc2)ccc1Cl. The average Bonchev–Trinajstić information content (AvgIpc) is 2.70. The zero-order valence-corrected chi connectivity index (χ0v) is 17.6. The predicted molar refractivity (Wildman–Crippen MR) is 116 cm³/mol. The van der Waals surface area contributed by atoms with Gasteiger partial charge in [-0.15, -0.1) is 0 Å². The van der Waals surface area contributed by atoms with Crippen molar-refractivity contribution < 1.29 is 13.2 Å². The van der Waals surface area contributed by atoms with Crippen molar-refractivity contribution in [3.63, 3.8) is 0 Å². The van der Waals surface area contributed by atoms with E-state index < -0.39 is 10.0 Å². The summed E-state index contributed by atoms with van der Waals surface area (Å²) in [5, 5.41) is 3.15. The van der Waals surface area contributed by atoms with E-state index in [0.29, 0.717) is 0 Å². The minimum absolute atomic E-state index is 0.133. The zero-order chi connectivity index (χ0) is 21.0. The van der Waals surface area contributed by atoms with Crippen LogP contribution < -0.4 is 10.0 Å². The Hall–Kier alpha value is -2.83. The normalized spacial score (nSPS) is 12.2. The molecular formula is C22H21ClN2O3S. The van der Waals surface area contributed by atoms with Gasteiger partial charge in [0.1, 0.15) is 0 Å². The third-order valence-corrected chi connectivity index (χ3v) is 6.25. The van der Waals surface area contributed by atoms with Crippen LogP contribution in [0.25, 0.3) is 0 Å². The summed E-state index contributed by atoms with van der Waals surface area (Å²) in [5.41, 5.74) is 2.51. The quantitative estimate of drug-likeness (QED) is 0.583. The number of amides is 1. The van der Waals surface area contributed by atoms with Crippen molar-refractivity contribution in [2.24, 2.45) is 0 Å². The number of sulfonamides is 1. The Balaban J connectivity index is 1.82. The highest BCUT2D eigenvalue weighted by Crippen LogP contribution is 2.24. The van der Waals surface area contributed by atoms with Crippen LogP contribution in [0.15, 0.2) is 77.7 Å². The van der Waals surface area contributed by atoms with Gasteiger partial charge in [-0.05, 0) is 55.3 Å². The Bertz CT molecular complexity index is 1130. The molecule has 1 unspecified atom stereocenters. The lowest BCUT2D eigenvalue weighted by Crippen LogP contribution is -2.27.